The standard InChI is InChI=1S/C26H28N2OP/c1-27-25(17-5-3-6-18-25)21-9-13-23(14-10-21)30(29)24-15-11-22(12-16-24)26(28-2)19-7-4-8-20-26/h9-16H,3-8,17-20H2/q+1. The minimum absolute atomic E-state index is 0.391. The van der Waals surface area contributed by atoms with Crippen LogP contribution in [0, 0.1) is 13.1 Å². The van der Waals surface area contributed by atoms with Crippen LogP contribution in [0.4, 0.5) is 0 Å². The fourth-order valence-electron chi connectivity index (χ4n) is 5.17. The van der Waals surface area contributed by atoms with Crippen LogP contribution in [0.15, 0.2) is 48.5 Å². The highest BCUT2D eigenvalue weighted by molar-refractivity contribution is 7.61. The maximum Gasteiger partial charge on any atom is 0.415 e. The topological polar surface area (TPSA) is 25.8 Å². The fraction of sp³-hybridized carbons (Fsp3) is 0.462. The molecule has 4 rings (SSSR count). The molecule has 0 radical (unpaired) electrons. The molecule has 2 saturated carbocycles. The first-order chi connectivity index (χ1) is 14.6. The monoisotopic (exact) mass is 415 g/mol. The maximum absolute atomic E-state index is 13.1. The largest absolute Gasteiger partial charge is 0.415 e. The fourth-order valence-corrected chi connectivity index (χ4v) is 6.30. The van der Waals surface area contributed by atoms with E-state index in [0.29, 0.717) is 0 Å². The molecule has 3 nitrogen and oxygen atoms in total. The molecule has 152 valence electrons. The summed E-state index contributed by atoms with van der Waals surface area (Å²) in [7, 11) is -1.68. The van der Waals surface area contributed by atoms with E-state index in [1.807, 2.05) is 48.5 Å². The molecule has 2 aromatic carbocycles. The summed E-state index contributed by atoms with van der Waals surface area (Å²) in [6.45, 7) is 15.5. The van der Waals surface area contributed by atoms with Crippen molar-refractivity contribution < 1.29 is 4.57 Å². The van der Waals surface area contributed by atoms with Gasteiger partial charge in [0.05, 0.1) is 0 Å². The van der Waals surface area contributed by atoms with Gasteiger partial charge in [-0.3, -0.25) is 0 Å². The minimum Gasteiger partial charge on any atom is -0.305 e. The lowest BCUT2D eigenvalue weighted by molar-refractivity contribution is 0.354. The lowest BCUT2D eigenvalue weighted by Crippen LogP contribution is -2.25. The number of hydrogen-bond donors (Lipinski definition) is 0. The summed E-state index contributed by atoms with van der Waals surface area (Å²) in [4.78, 5) is 8.01. The smallest absolute Gasteiger partial charge is 0.305 e. The Morgan fingerprint density at radius 2 is 0.933 bits per heavy atom. The molecular formula is C26H28N2OP+. The number of hydrogen-bond acceptors (Lipinski definition) is 1. The van der Waals surface area contributed by atoms with Crippen molar-refractivity contribution in [2.45, 2.75) is 75.3 Å². The van der Waals surface area contributed by atoms with E-state index in [1.54, 1.807) is 0 Å². The van der Waals surface area contributed by atoms with E-state index < -0.39 is 18.9 Å². The van der Waals surface area contributed by atoms with Gasteiger partial charge in [-0.15, -0.1) is 0 Å². The Hall–Kier alpha value is -2.48. The molecule has 0 amide bonds. The summed E-state index contributed by atoms with van der Waals surface area (Å²) in [5, 5.41) is 1.60. The van der Waals surface area contributed by atoms with Gasteiger partial charge in [0.1, 0.15) is 0 Å². The predicted octanol–water partition coefficient (Wildman–Crippen LogP) is 6.62. The first-order valence-electron chi connectivity index (χ1n) is 11.1. The van der Waals surface area contributed by atoms with Crippen molar-refractivity contribution >= 4 is 18.4 Å². The molecule has 0 spiro atoms. The Bertz CT molecular complexity index is 902. The van der Waals surface area contributed by atoms with E-state index in [-0.39, 0.29) is 0 Å². The summed E-state index contributed by atoms with van der Waals surface area (Å²) in [5.74, 6) is 0. The third-order valence-electron chi connectivity index (χ3n) is 7.07. The van der Waals surface area contributed by atoms with Gasteiger partial charge in [-0.05, 0) is 74.2 Å². The Balaban J connectivity index is 1.53. The molecule has 0 N–H and O–H groups in total. The van der Waals surface area contributed by atoms with E-state index in [1.165, 1.54) is 12.8 Å². The van der Waals surface area contributed by atoms with E-state index >= 15 is 0 Å². The van der Waals surface area contributed by atoms with Crippen LogP contribution in [0.1, 0.15) is 75.3 Å². The van der Waals surface area contributed by atoms with Crippen molar-refractivity contribution in [3.05, 3.63) is 82.5 Å². The van der Waals surface area contributed by atoms with Gasteiger partial charge in [-0.2, -0.15) is 0 Å². The summed E-state index contributed by atoms with van der Waals surface area (Å²) in [5.41, 5.74) is 1.35. The molecule has 0 heterocycles. The lowest BCUT2D eigenvalue weighted by Gasteiger charge is -2.26. The van der Waals surface area contributed by atoms with Crippen LogP contribution >= 0.6 is 7.80 Å². The molecule has 4 heteroatoms. The molecular weight excluding hydrogens is 387 g/mol. The second-order valence-electron chi connectivity index (χ2n) is 8.80. The van der Waals surface area contributed by atoms with E-state index in [2.05, 4.69) is 9.69 Å². The third-order valence-corrected chi connectivity index (χ3v) is 8.60. The summed E-state index contributed by atoms with van der Waals surface area (Å²) in [6.07, 6.45) is 10.6. The average Bonchev–Trinajstić information content (AvgIpc) is 2.84. The molecule has 30 heavy (non-hydrogen) atoms. The number of rotatable bonds is 4. The zero-order chi connectivity index (χ0) is 21.0. The minimum atomic E-state index is -1.68. The average molecular weight is 415 g/mol. The highest BCUT2D eigenvalue weighted by atomic mass is 31.1. The first kappa shape index (κ1) is 20.8. The Morgan fingerprint density at radius 1 is 0.600 bits per heavy atom. The summed E-state index contributed by atoms with van der Waals surface area (Å²) in [6, 6.07) is 15.8. The van der Waals surface area contributed by atoms with Gasteiger partial charge in [0, 0.05) is 36.8 Å². The van der Waals surface area contributed by atoms with Gasteiger partial charge in [-0.1, -0.05) is 17.4 Å². The number of benzene rings is 2. The van der Waals surface area contributed by atoms with Crippen molar-refractivity contribution in [3.8, 4) is 0 Å². The van der Waals surface area contributed by atoms with Crippen LogP contribution in [0.3, 0.4) is 0 Å². The highest BCUT2D eigenvalue weighted by Gasteiger charge is 2.41. The van der Waals surface area contributed by atoms with Crippen molar-refractivity contribution in [2.24, 2.45) is 0 Å². The number of nitrogens with zero attached hydrogens (tertiary/aromatic N) is 2. The molecule has 0 aromatic heterocycles. The Morgan fingerprint density at radius 3 is 1.23 bits per heavy atom. The van der Waals surface area contributed by atoms with Crippen LogP contribution in [-0.2, 0) is 15.6 Å². The quantitative estimate of drug-likeness (QED) is 0.407. The van der Waals surface area contributed by atoms with Gasteiger partial charge in [0.2, 0.25) is 0 Å². The van der Waals surface area contributed by atoms with Crippen LogP contribution in [0.25, 0.3) is 9.69 Å². The molecule has 0 atom stereocenters. The second-order valence-corrected chi connectivity index (χ2v) is 10.4. The van der Waals surface area contributed by atoms with Gasteiger partial charge < -0.3 is 9.69 Å². The Labute approximate surface area is 180 Å². The highest BCUT2D eigenvalue weighted by Crippen LogP contribution is 2.42. The molecule has 0 aliphatic heterocycles. The Kier molecular flexibility index (Phi) is 6.04. The first-order valence-corrected chi connectivity index (χ1v) is 12.3. The summed E-state index contributed by atoms with van der Waals surface area (Å²) >= 11 is 0. The third kappa shape index (κ3) is 3.80. The molecule has 2 aliphatic carbocycles. The van der Waals surface area contributed by atoms with E-state index in [4.69, 9.17) is 13.1 Å². The predicted molar refractivity (Wildman–Crippen MR) is 122 cm³/mol. The second kappa shape index (κ2) is 8.71. The molecule has 2 fully saturated rings. The van der Waals surface area contributed by atoms with Gasteiger partial charge in [-0.25, -0.2) is 13.1 Å². The molecule has 0 unspecified atom stereocenters. The lowest BCUT2D eigenvalue weighted by atomic mass is 9.77. The van der Waals surface area contributed by atoms with Gasteiger partial charge in [0.25, 0.3) is 11.1 Å². The van der Waals surface area contributed by atoms with Crippen LogP contribution in [0.5, 0.6) is 0 Å². The molecule has 2 aromatic rings. The van der Waals surface area contributed by atoms with Crippen molar-refractivity contribution in [2.75, 3.05) is 0 Å². The molecule has 0 saturated heterocycles. The molecule has 0 bridgehead atoms. The zero-order valence-electron chi connectivity index (χ0n) is 17.4. The van der Waals surface area contributed by atoms with Gasteiger partial charge >= 0.3 is 7.80 Å². The van der Waals surface area contributed by atoms with Crippen LogP contribution < -0.4 is 10.6 Å². The van der Waals surface area contributed by atoms with Crippen molar-refractivity contribution in [1.29, 1.82) is 0 Å². The van der Waals surface area contributed by atoms with E-state index in [0.717, 1.165) is 73.1 Å². The van der Waals surface area contributed by atoms with Crippen LogP contribution in [0.2, 0.25) is 0 Å². The van der Waals surface area contributed by atoms with Crippen molar-refractivity contribution in [1.82, 2.24) is 0 Å². The molecule has 2 aliphatic rings. The van der Waals surface area contributed by atoms with Gasteiger partial charge in [0.15, 0.2) is 10.6 Å². The maximum atomic E-state index is 13.1. The zero-order valence-corrected chi connectivity index (χ0v) is 18.3. The normalized spacial score (nSPS) is 19.9. The summed E-state index contributed by atoms with van der Waals surface area (Å²) < 4.78 is 13.1. The van der Waals surface area contributed by atoms with Crippen molar-refractivity contribution in [3.63, 3.8) is 0 Å². The SMILES string of the molecule is [C-]#[N+]C1(c2ccc([P+](=O)c3ccc(C4([N+]#[C-])CCCCC4)cc3)cc2)CCCCC1. The van der Waals surface area contributed by atoms with Crippen LogP contribution in [-0.4, -0.2) is 0 Å². The van der Waals surface area contributed by atoms with E-state index in [9.17, 15) is 4.57 Å².